The Morgan fingerprint density at radius 1 is 1.00 bits per heavy atom. The fraction of sp³-hybridized carbons (Fsp3) is 0. The average molecular weight is 215 g/mol. The summed E-state index contributed by atoms with van der Waals surface area (Å²) in [5, 5.41) is 26.2. The molecule has 0 fully saturated rings. The van der Waals surface area contributed by atoms with E-state index in [-0.39, 0.29) is 17.2 Å². The van der Waals surface area contributed by atoms with Gasteiger partial charge in [-0.2, -0.15) is 0 Å². The molecule has 5 nitrogen and oxygen atoms in total. The Labute approximate surface area is 91.7 Å². The summed E-state index contributed by atoms with van der Waals surface area (Å²) in [7, 11) is 0. The van der Waals surface area contributed by atoms with Crippen LogP contribution in [0, 0.1) is 0 Å². The van der Waals surface area contributed by atoms with Gasteiger partial charge in [-0.05, 0) is 24.3 Å². The minimum Gasteiger partial charge on any atom is -0.508 e. The number of aromatic hydroxyl groups is 2. The molecule has 2 aromatic rings. The minimum absolute atomic E-state index is 0.0192. The summed E-state index contributed by atoms with van der Waals surface area (Å²) in [5.41, 5.74) is 0.281. The van der Waals surface area contributed by atoms with Crippen molar-refractivity contribution in [2.24, 2.45) is 10.2 Å². The topological polar surface area (TPSA) is 78.1 Å². The zero-order chi connectivity index (χ0) is 11.4. The van der Waals surface area contributed by atoms with Gasteiger partial charge in [0.05, 0.1) is 0 Å². The number of rotatable bonds is 2. The van der Waals surface area contributed by atoms with Crippen LogP contribution < -0.4 is 0 Å². The van der Waals surface area contributed by atoms with Crippen LogP contribution in [0.4, 0.5) is 11.5 Å². The third kappa shape index (κ3) is 2.33. The molecular formula is C11H9N3O2. The first-order valence-electron chi connectivity index (χ1n) is 4.60. The van der Waals surface area contributed by atoms with E-state index in [9.17, 15) is 5.11 Å². The van der Waals surface area contributed by atoms with Crippen LogP contribution in [0.5, 0.6) is 11.5 Å². The molecule has 0 aliphatic rings. The van der Waals surface area contributed by atoms with Crippen molar-refractivity contribution in [2.45, 2.75) is 0 Å². The third-order valence-corrected chi connectivity index (χ3v) is 1.87. The quantitative estimate of drug-likeness (QED) is 0.756. The summed E-state index contributed by atoms with van der Waals surface area (Å²) in [6, 6.07) is 9.35. The van der Waals surface area contributed by atoms with Crippen LogP contribution in [0.15, 0.2) is 52.8 Å². The van der Waals surface area contributed by atoms with E-state index in [4.69, 9.17) is 5.11 Å². The predicted octanol–water partition coefficient (Wildman–Crippen LogP) is 2.91. The van der Waals surface area contributed by atoms with Crippen molar-refractivity contribution in [1.29, 1.82) is 0 Å². The van der Waals surface area contributed by atoms with Gasteiger partial charge in [0.15, 0.2) is 5.82 Å². The second-order valence-electron chi connectivity index (χ2n) is 3.06. The molecule has 1 heterocycles. The van der Waals surface area contributed by atoms with Crippen LogP contribution in [0.2, 0.25) is 0 Å². The Morgan fingerprint density at radius 2 is 1.88 bits per heavy atom. The first-order valence-corrected chi connectivity index (χ1v) is 4.60. The number of hydrogen-bond acceptors (Lipinski definition) is 5. The molecule has 1 aromatic heterocycles. The summed E-state index contributed by atoms with van der Waals surface area (Å²) in [5.74, 6) is 0.309. The Morgan fingerprint density at radius 3 is 2.56 bits per heavy atom. The lowest BCUT2D eigenvalue weighted by Crippen LogP contribution is -1.70. The molecule has 16 heavy (non-hydrogen) atoms. The molecule has 0 unspecified atom stereocenters. The molecule has 2 rings (SSSR count). The van der Waals surface area contributed by atoms with Gasteiger partial charge in [-0.15, -0.1) is 10.2 Å². The molecule has 0 aliphatic carbocycles. The maximum absolute atomic E-state index is 9.44. The van der Waals surface area contributed by atoms with Crippen LogP contribution in [0.1, 0.15) is 0 Å². The average Bonchev–Trinajstić information content (AvgIpc) is 2.29. The molecular weight excluding hydrogens is 206 g/mol. The summed E-state index contributed by atoms with van der Waals surface area (Å²) < 4.78 is 0. The number of aromatic nitrogens is 1. The first kappa shape index (κ1) is 10.1. The van der Waals surface area contributed by atoms with E-state index in [0.29, 0.717) is 5.82 Å². The largest absolute Gasteiger partial charge is 0.508 e. The van der Waals surface area contributed by atoms with Crippen molar-refractivity contribution in [1.82, 2.24) is 4.98 Å². The van der Waals surface area contributed by atoms with Gasteiger partial charge in [0, 0.05) is 12.3 Å². The first-order chi connectivity index (χ1) is 7.75. The Kier molecular flexibility index (Phi) is 2.77. The van der Waals surface area contributed by atoms with Gasteiger partial charge in [-0.3, -0.25) is 0 Å². The highest BCUT2D eigenvalue weighted by atomic mass is 16.3. The second kappa shape index (κ2) is 4.39. The van der Waals surface area contributed by atoms with Crippen molar-refractivity contribution in [3.05, 3.63) is 42.6 Å². The Hall–Kier alpha value is -2.43. The lowest BCUT2D eigenvalue weighted by atomic mass is 10.3. The summed E-state index contributed by atoms with van der Waals surface area (Å²) >= 11 is 0. The molecule has 1 aromatic carbocycles. The van der Waals surface area contributed by atoms with Gasteiger partial charge in [0.1, 0.15) is 17.2 Å². The predicted molar refractivity (Wildman–Crippen MR) is 58.2 cm³/mol. The van der Waals surface area contributed by atoms with E-state index in [1.165, 1.54) is 18.2 Å². The van der Waals surface area contributed by atoms with Crippen LogP contribution in [0.25, 0.3) is 0 Å². The molecule has 0 spiro atoms. The lowest BCUT2D eigenvalue weighted by Gasteiger charge is -1.97. The molecule has 0 radical (unpaired) electrons. The number of phenolic OH excluding ortho intramolecular Hbond substituents is 2. The number of benzene rings is 1. The van der Waals surface area contributed by atoms with E-state index in [1.54, 1.807) is 24.4 Å². The summed E-state index contributed by atoms with van der Waals surface area (Å²) in [4.78, 5) is 3.95. The molecule has 0 saturated carbocycles. The number of hydrogen-bond donors (Lipinski definition) is 2. The van der Waals surface area contributed by atoms with Gasteiger partial charge in [0.2, 0.25) is 0 Å². The van der Waals surface area contributed by atoms with Crippen LogP contribution in [-0.2, 0) is 0 Å². The third-order valence-electron chi connectivity index (χ3n) is 1.87. The second-order valence-corrected chi connectivity index (χ2v) is 3.06. The van der Waals surface area contributed by atoms with Crippen molar-refractivity contribution in [2.75, 3.05) is 0 Å². The monoisotopic (exact) mass is 215 g/mol. The van der Waals surface area contributed by atoms with Gasteiger partial charge in [0.25, 0.3) is 0 Å². The normalized spacial score (nSPS) is 10.8. The number of azo groups is 1. The minimum atomic E-state index is -0.125. The van der Waals surface area contributed by atoms with E-state index in [1.807, 2.05) is 0 Å². The fourth-order valence-corrected chi connectivity index (χ4v) is 1.11. The van der Waals surface area contributed by atoms with Gasteiger partial charge in [-0.1, -0.05) is 6.07 Å². The zero-order valence-corrected chi connectivity index (χ0v) is 8.28. The molecule has 80 valence electrons. The molecule has 0 bridgehead atoms. The molecule has 0 atom stereocenters. The molecule has 0 amide bonds. The van der Waals surface area contributed by atoms with Crippen LogP contribution in [0.3, 0.4) is 0 Å². The maximum atomic E-state index is 9.44. The van der Waals surface area contributed by atoms with E-state index >= 15 is 0 Å². The van der Waals surface area contributed by atoms with E-state index in [2.05, 4.69) is 15.2 Å². The maximum Gasteiger partial charge on any atom is 0.174 e. The van der Waals surface area contributed by atoms with Crippen LogP contribution >= 0.6 is 0 Å². The molecule has 0 aliphatic heterocycles. The van der Waals surface area contributed by atoms with Crippen LogP contribution in [-0.4, -0.2) is 15.2 Å². The van der Waals surface area contributed by atoms with Crippen molar-refractivity contribution in [3.8, 4) is 11.5 Å². The Bertz CT molecular complexity index is 512. The van der Waals surface area contributed by atoms with Crippen molar-refractivity contribution in [3.63, 3.8) is 0 Å². The smallest absolute Gasteiger partial charge is 0.174 e. The van der Waals surface area contributed by atoms with Gasteiger partial charge in [-0.25, -0.2) is 4.98 Å². The van der Waals surface area contributed by atoms with Crippen molar-refractivity contribution >= 4 is 11.5 Å². The molecule has 5 heteroatoms. The Balaban J connectivity index is 2.24. The van der Waals surface area contributed by atoms with Crippen molar-refractivity contribution < 1.29 is 10.2 Å². The summed E-state index contributed by atoms with van der Waals surface area (Å²) in [6.45, 7) is 0. The number of phenols is 2. The highest BCUT2D eigenvalue weighted by Crippen LogP contribution is 2.30. The summed E-state index contributed by atoms with van der Waals surface area (Å²) in [6.07, 6.45) is 1.60. The SMILES string of the molecule is Oc1ccc(/N=N/c2ccccn2)c(O)c1. The standard InChI is InChI=1S/C11H9N3O2/c15-8-4-5-9(10(16)7-8)13-14-11-3-1-2-6-12-11/h1-7,15-16H/b14-13+. The zero-order valence-electron chi connectivity index (χ0n) is 8.28. The van der Waals surface area contributed by atoms with E-state index in [0.717, 1.165) is 0 Å². The lowest BCUT2D eigenvalue weighted by molar-refractivity contribution is 0.451. The highest BCUT2D eigenvalue weighted by molar-refractivity contribution is 5.53. The number of nitrogens with zero attached hydrogens (tertiary/aromatic N) is 3. The highest BCUT2D eigenvalue weighted by Gasteiger charge is 2.00. The fourth-order valence-electron chi connectivity index (χ4n) is 1.11. The molecule has 2 N–H and O–H groups in total. The van der Waals surface area contributed by atoms with E-state index < -0.39 is 0 Å². The van der Waals surface area contributed by atoms with Gasteiger partial charge < -0.3 is 10.2 Å². The molecule has 0 saturated heterocycles. The van der Waals surface area contributed by atoms with Gasteiger partial charge >= 0.3 is 0 Å². The number of pyridine rings is 1.